The number of sulfonamides is 1. The van der Waals surface area contributed by atoms with E-state index in [4.69, 9.17) is 5.14 Å². The Hall–Kier alpha value is -1.47. The topological polar surface area (TPSA) is 93.4 Å². The zero-order chi connectivity index (χ0) is 12.6. The second kappa shape index (κ2) is 4.08. The van der Waals surface area contributed by atoms with E-state index in [1.165, 1.54) is 4.90 Å². The molecule has 1 aromatic rings. The molecule has 2 rings (SSSR count). The molecule has 1 unspecified atom stereocenters. The number of hydrogen-bond acceptors (Lipinski definition) is 4. The number of nitrogens with two attached hydrogens (primary N) is 1. The third-order valence-corrected chi connectivity index (χ3v) is 4.01. The van der Waals surface area contributed by atoms with Gasteiger partial charge in [0.2, 0.25) is 15.9 Å². The molecule has 1 saturated heterocycles. The highest BCUT2D eigenvalue weighted by molar-refractivity contribution is 7.89. The molecule has 2 N–H and O–H groups in total. The summed E-state index contributed by atoms with van der Waals surface area (Å²) in [7, 11) is -3.67. The number of aromatic nitrogens is 1. The van der Waals surface area contributed by atoms with Crippen LogP contribution in [-0.2, 0) is 14.8 Å². The lowest BCUT2D eigenvalue weighted by Gasteiger charge is -2.15. The Balaban J connectivity index is 2.24. The van der Waals surface area contributed by atoms with E-state index in [1.807, 2.05) is 6.92 Å². The lowest BCUT2D eigenvalue weighted by molar-refractivity contribution is -0.117. The number of carbonyl (C=O) groups excluding carboxylic acids is 1. The highest BCUT2D eigenvalue weighted by Gasteiger charge is 2.37. The molecule has 1 atom stereocenters. The maximum atomic E-state index is 11.7. The largest absolute Gasteiger partial charge is 0.309 e. The molecule has 92 valence electrons. The minimum atomic E-state index is -3.67. The number of anilines is 1. The molecule has 0 spiro atoms. The van der Waals surface area contributed by atoms with Crippen molar-refractivity contribution >= 4 is 21.6 Å². The molecule has 2 heterocycles. The summed E-state index contributed by atoms with van der Waals surface area (Å²) < 4.78 is 22.4. The van der Waals surface area contributed by atoms with Crippen LogP contribution in [0, 0.1) is 6.92 Å². The third kappa shape index (κ3) is 2.45. The predicted molar refractivity (Wildman–Crippen MR) is 62.8 cm³/mol. The van der Waals surface area contributed by atoms with Gasteiger partial charge in [0.05, 0.1) is 11.9 Å². The maximum absolute atomic E-state index is 11.7. The zero-order valence-corrected chi connectivity index (χ0v) is 10.1. The molecule has 7 heteroatoms. The fraction of sp³-hybridized carbons (Fsp3) is 0.400. The molecule has 1 fully saturated rings. The lowest BCUT2D eigenvalue weighted by atomic mass is 10.3. The Labute approximate surface area is 99.5 Å². The summed E-state index contributed by atoms with van der Waals surface area (Å²) >= 11 is 0. The van der Waals surface area contributed by atoms with E-state index in [0.717, 1.165) is 5.69 Å². The third-order valence-electron chi connectivity index (χ3n) is 2.76. The maximum Gasteiger partial charge on any atom is 0.228 e. The predicted octanol–water partition coefficient (Wildman–Crippen LogP) is -0.216. The summed E-state index contributed by atoms with van der Waals surface area (Å²) in [6.07, 6.45) is 1.49. The first-order valence-electron chi connectivity index (χ1n) is 5.12. The van der Waals surface area contributed by atoms with E-state index in [1.54, 1.807) is 18.3 Å². The van der Waals surface area contributed by atoms with Gasteiger partial charge < -0.3 is 4.90 Å². The van der Waals surface area contributed by atoms with Gasteiger partial charge in [0.15, 0.2) is 0 Å². The first-order chi connectivity index (χ1) is 7.88. The van der Waals surface area contributed by atoms with Crippen molar-refractivity contribution in [2.45, 2.75) is 18.6 Å². The highest BCUT2D eigenvalue weighted by atomic mass is 32.2. The van der Waals surface area contributed by atoms with E-state index >= 15 is 0 Å². The Morgan fingerprint density at radius 3 is 2.65 bits per heavy atom. The van der Waals surface area contributed by atoms with Crippen LogP contribution >= 0.6 is 0 Å². The molecule has 1 aliphatic rings. The standard InChI is InChI=1S/C10H13N3O3S/c1-7-2-3-8(5-12-7)13-6-9(4-10(13)14)17(11,15)16/h2-3,5,9H,4,6H2,1H3,(H2,11,15,16). The van der Waals surface area contributed by atoms with Crippen LogP contribution in [0.2, 0.25) is 0 Å². The zero-order valence-electron chi connectivity index (χ0n) is 9.33. The van der Waals surface area contributed by atoms with E-state index < -0.39 is 15.3 Å². The number of nitrogens with zero attached hydrogens (tertiary/aromatic N) is 2. The quantitative estimate of drug-likeness (QED) is 0.790. The van der Waals surface area contributed by atoms with Gasteiger partial charge in [-0.1, -0.05) is 0 Å². The number of amides is 1. The van der Waals surface area contributed by atoms with Crippen LogP contribution in [0.25, 0.3) is 0 Å². The molecular formula is C10H13N3O3S. The molecule has 17 heavy (non-hydrogen) atoms. The van der Waals surface area contributed by atoms with Gasteiger partial charge in [-0.25, -0.2) is 13.6 Å². The number of primary sulfonamides is 1. The summed E-state index contributed by atoms with van der Waals surface area (Å²) in [4.78, 5) is 17.2. The van der Waals surface area contributed by atoms with Crippen molar-refractivity contribution in [3.63, 3.8) is 0 Å². The smallest absolute Gasteiger partial charge is 0.228 e. The first-order valence-corrected chi connectivity index (χ1v) is 6.73. The average Bonchev–Trinajstić information content (AvgIpc) is 2.61. The number of pyridine rings is 1. The van der Waals surface area contributed by atoms with E-state index in [9.17, 15) is 13.2 Å². The molecule has 0 aromatic carbocycles. The Kier molecular flexibility index (Phi) is 2.88. The molecule has 0 aliphatic carbocycles. The van der Waals surface area contributed by atoms with Gasteiger partial charge in [-0.05, 0) is 19.1 Å². The van der Waals surface area contributed by atoms with Gasteiger partial charge in [-0.2, -0.15) is 0 Å². The fourth-order valence-electron chi connectivity index (χ4n) is 1.76. The van der Waals surface area contributed by atoms with Crippen LogP contribution in [0.1, 0.15) is 12.1 Å². The van der Waals surface area contributed by atoms with Crippen molar-refractivity contribution in [3.8, 4) is 0 Å². The van der Waals surface area contributed by atoms with Crippen LogP contribution in [0.5, 0.6) is 0 Å². The number of hydrogen-bond donors (Lipinski definition) is 1. The van der Waals surface area contributed by atoms with Gasteiger partial charge in [-0.3, -0.25) is 9.78 Å². The second-order valence-corrected chi connectivity index (χ2v) is 5.92. The van der Waals surface area contributed by atoms with Crippen molar-refractivity contribution in [1.82, 2.24) is 4.98 Å². The monoisotopic (exact) mass is 255 g/mol. The van der Waals surface area contributed by atoms with Crippen molar-refractivity contribution in [1.29, 1.82) is 0 Å². The van der Waals surface area contributed by atoms with Crippen LogP contribution in [0.4, 0.5) is 5.69 Å². The van der Waals surface area contributed by atoms with Gasteiger partial charge >= 0.3 is 0 Å². The van der Waals surface area contributed by atoms with Gasteiger partial charge in [0.25, 0.3) is 0 Å². The summed E-state index contributed by atoms with van der Waals surface area (Å²) in [5.41, 5.74) is 1.44. The Morgan fingerprint density at radius 1 is 1.47 bits per heavy atom. The number of rotatable bonds is 2. The normalized spacial score (nSPS) is 20.9. The van der Waals surface area contributed by atoms with Crippen molar-refractivity contribution in [2.75, 3.05) is 11.4 Å². The average molecular weight is 255 g/mol. The molecule has 1 aromatic heterocycles. The van der Waals surface area contributed by atoms with Crippen LogP contribution in [-0.4, -0.2) is 31.1 Å². The van der Waals surface area contributed by atoms with Gasteiger partial charge in [0, 0.05) is 18.7 Å². The Bertz CT molecular complexity index is 538. The minimum Gasteiger partial charge on any atom is -0.309 e. The van der Waals surface area contributed by atoms with Gasteiger partial charge in [-0.15, -0.1) is 0 Å². The molecule has 1 aliphatic heterocycles. The molecule has 0 radical (unpaired) electrons. The van der Waals surface area contributed by atoms with Gasteiger partial charge in [0.1, 0.15) is 5.25 Å². The van der Waals surface area contributed by atoms with Crippen molar-refractivity contribution in [2.24, 2.45) is 5.14 Å². The molecule has 0 bridgehead atoms. The van der Waals surface area contributed by atoms with E-state index in [0.29, 0.717) is 5.69 Å². The van der Waals surface area contributed by atoms with Crippen molar-refractivity contribution in [3.05, 3.63) is 24.0 Å². The van der Waals surface area contributed by atoms with Crippen LogP contribution in [0.15, 0.2) is 18.3 Å². The number of carbonyl (C=O) groups is 1. The fourth-order valence-corrected chi connectivity index (χ4v) is 2.50. The summed E-state index contributed by atoms with van der Waals surface area (Å²) in [6, 6.07) is 3.51. The Morgan fingerprint density at radius 2 is 2.18 bits per heavy atom. The van der Waals surface area contributed by atoms with Crippen LogP contribution in [0.3, 0.4) is 0 Å². The molecule has 0 saturated carbocycles. The SMILES string of the molecule is Cc1ccc(N2CC(S(N)(=O)=O)CC2=O)cn1. The van der Waals surface area contributed by atoms with Crippen LogP contribution < -0.4 is 10.0 Å². The highest BCUT2D eigenvalue weighted by Crippen LogP contribution is 2.23. The molecular weight excluding hydrogens is 242 g/mol. The summed E-state index contributed by atoms with van der Waals surface area (Å²) in [5, 5.41) is 4.22. The number of aryl methyl sites for hydroxylation is 1. The molecule has 6 nitrogen and oxygen atoms in total. The van der Waals surface area contributed by atoms with E-state index in [-0.39, 0.29) is 18.9 Å². The second-order valence-electron chi connectivity index (χ2n) is 4.08. The summed E-state index contributed by atoms with van der Waals surface area (Å²) in [5.74, 6) is -0.241. The van der Waals surface area contributed by atoms with E-state index in [2.05, 4.69) is 4.98 Å². The first kappa shape index (κ1) is 12.0. The lowest BCUT2D eigenvalue weighted by Crippen LogP contribution is -2.32. The summed E-state index contributed by atoms with van der Waals surface area (Å²) in [6.45, 7) is 1.94. The van der Waals surface area contributed by atoms with Crippen molar-refractivity contribution < 1.29 is 13.2 Å². The minimum absolute atomic E-state index is 0.0628. The molecule has 1 amide bonds.